The lowest BCUT2D eigenvalue weighted by atomic mass is 10.2. The van der Waals surface area contributed by atoms with Gasteiger partial charge in [-0.25, -0.2) is 0 Å². The number of carbonyl (C=O) groups excluding carboxylic acids is 1. The quantitative estimate of drug-likeness (QED) is 0.717. The highest BCUT2D eigenvalue weighted by Crippen LogP contribution is 2.38. The lowest BCUT2D eigenvalue weighted by Crippen LogP contribution is -1.98. The van der Waals surface area contributed by atoms with Crippen LogP contribution in [-0.4, -0.2) is 27.4 Å². The van der Waals surface area contributed by atoms with E-state index in [4.69, 9.17) is 14.2 Å². The van der Waals surface area contributed by atoms with Crippen LogP contribution in [0.5, 0.6) is 17.2 Å². The zero-order valence-electron chi connectivity index (χ0n) is 8.67. The molecule has 0 N–H and O–H groups in total. The van der Waals surface area contributed by atoms with Crippen LogP contribution in [0, 0.1) is 0 Å². The number of ether oxygens (including phenoxy) is 3. The van der Waals surface area contributed by atoms with Crippen molar-refractivity contribution in [3.8, 4) is 17.2 Å². The summed E-state index contributed by atoms with van der Waals surface area (Å²) in [6.45, 7) is 0. The molecule has 0 bridgehead atoms. The highest BCUT2D eigenvalue weighted by molar-refractivity contribution is 5.90. The van der Waals surface area contributed by atoms with Crippen LogP contribution in [0.1, 0.15) is 10.4 Å². The van der Waals surface area contributed by atoms with Crippen molar-refractivity contribution in [1.82, 2.24) is 0 Å². The third-order valence-electron chi connectivity index (χ3n) is 1.89. The minimum Gasteiger partial charge on any atom is -0.493 e. The molecule has 0 fully saturated rings. The molecule has 4 nitrogen and oxygen atoms in total. The average Bonchev–Trinajstić information content (AvgIpc) is 2.26. The third-order valence-corrected chi connectivity index (χ3v) is 1.89. The molecule has 0 aliphatic rings. The second kappa shape index (κ2) is 4.63. The summed E-state index contributed by atoms with van der Waals surface area (Å²) < 4.78 is 27.4. The fourth-order valence-corrected chi connectivity index (χ4v) is 1.19. The predicted octanol–water partition coefficient (Wildman–Crippen LogP) is 1.82. The van der Waals surface area contributed by atoms with E-state index in [1.165, 1.54) is 33.5 Å². The van der Waals surface area contributed by atoms with E-state index in [2.05, 4.69) is 0 Å². The first kappa shape index (κ1) is 11.3. The van der Waals surface area contributed by atoms with Crippen LogP contribution < -0.4 is 14.2 Å². The molecule has 0 aliphatic carbocycles. The van der Waals surface area contributed by atoms with Gasteiger partial charge in [-0.1, -0.05) is 0 Å². The number of hydrogen-bond donors (Lipinski definition) is 0. The van der Waals surface area contributed by atoms with Gasteiger partial charge in [-0.15, -0.1) is 0 Å². The lowest BCUT2D eigenvalue weighted by Gasteiger charge is -2.12. The molecule has 15 heavy (non-hydrogen) atoms. The summed E-state index contributed by atoms with van der Waals surface area (Å²) in [5.41, 5.74) is -0.135. The second-order valence-corrected chi connectivity index (χ2v) is 2.69. The smallest absolute Gasteiger partial charge is 0.332 e. The molecular formula is C10H11FO4. The molecule has 0 amide bonds. The predicted molar refractivity (Wildman–Crippen MR) is 51.5 cm³/mol. The van der Waals surface area contributed by atoms with Crippen molar-refractivity contribution in [2.24, 2.45) is 0 Å². The fraction of sp³-hybridized carbons (Fsp3) is 0.300. The van der Waals surface area contributed by atoms with E-state index in [9.17, 15) is 9.18 Å². The van der Waals surface area contributed by atoms with Gasteiger partial charge in [0.1, 0.15) is 0 Å². The van der Waals surface area contributed by atoms with Gasteiger partial charge in [0, 0.05) is 0 Å². The summed E-state index contributed by atoms with van der Waals surface area (Å²) in [4.78, 5) is 10.6. The van der Waals surface area contributed by atoms with Crippen LogP contribution in [0.25, 0.3) is 0 Å². The lowest BCUT2D eigenvalue weighted by molar-refractivity contribution is 0.0835. The number of halogens is 1. The van der Waals surface area contributed by atoms with Gasteiger partial charge in [0.15, 0.2) is 11.5 Å². The van der Waals surface area contributed by atoms with E-state index in [1.54, 1.807) is 0 Å². The maximum Gasteiger partial charge on any atom is 0.332 e. The van der Waals surface area contributed by atoms with Crippen molar-refractivity contribution in [3.63, 3.8) is 0 Å². The molecule has 1 aromatic rings. The Morgan fingerprint density at radius 2 is 1.53 bits per heavy atom. The molecule has 0 aromatic heterocycles. The summed E-state index contributed by atoms with van der Waals surface area (Å²) >= 11 is 0. The largest absolute Gasteiger partial charge is 0.493 e. The topological polar surface area (TPSA) is 44.8 Å². The van der Waals surface area contributed by atoms with Crippen molar-refractivity contribution in [1.29, 1.82) is 0 Å². The zero-order chi connectivity index (χ0) is 11.4. The molecule has 0 saturated carbocycles. The van der Waals surface area contributed by atoms with Crippen molar-refractivity contribution < 1.29 is 23.4 Å². The van der Waals surface area contributed by atoms with Crippen LogP contribution >= 0.6 is 0 Å². The van der Waals surface area contributed by atoms with Crippen molar-refractivity contribution in [2.45, 2.75) is 0 Å². The summed E-state index contributed by atoms with van der Waals surface area (Å²) in [5.74, 6) is 0.820. The minimum atomic E-state index is -1.55. The molecule has 1 aromatic carbocycles. The van der Waals surface area contributed by atoms with Crippen molar-refractivity contribution in [3.05, 3.63) is 17.7 Å². The highest BCUT2D eigenvalue weighted by atomic mass is 19.1. The molecule has 0 aliphatic heterocycles. The zero-order valence-corrected chi connectivity index (χ0v) is 8.67. The molecule has 0 saturated heterocycles. The van der Waals surface area contributed by atoms with Crippen LogP contribution in [0.15, 0.2) is 12.1 Å². The first-order chi connectivity index (χ1) is 7.13. The number of methoxy groups -OCH3 is 3. The van der Waals surface area contributed by atoms with Crippen LogP contribution in [-0.2, 0) is 0 Å². The average molecular weight is 214 g/mol. The molecule has 1 rings (SSSR count). The summed E-state index contributed by atoms with van der Waals surface area (Å²) in [6.07, 6.45) is 0. The number of carbonyl (C=O) groups is 1. The standard InChI is InChI=1S/C10H11FO4/c1-13-7-4-6(10(11)12)5-8(14-2)9(7)15-3/h4-5H,1-3H3. The minimum absolute atomic E-state index is 0.135. The third kappa shape index (κ3) is 2.18. The molecule has 0 radical (unpaired) electrons. The maximum absolute atomic E-state index is 12.5. The molecule has 5 heteroatoms. The molecule has 82 valence electrons. The summed E-state index contributed by atoms with van der Waals surface area (Å²) in [7, 11) is 4.21. The fourth-order valence-electron chi connectivity index (χ4n) is 1.19. The van der Waals surface area contributed by atoms with Crippen LogP contribution in [0.4, 0.5) is 4.39 Å². The molecule has 0 unspecified atom stereocenters. The van der Waals surface area contributed by atoms with Crippen LogP contribution in [0.3, 0.4) is 0 Å². The Morgan fingerprint density at radius 3 is 1.80 bits per heavy atom. The Hall–Kier alpha value is -1.78. The van der Waals surface area contributed by atoms with Crippen molar-refractivity contribution in [2.75, 3.05) is 21.3 Å². The Balaban J connectivity index is 3.35. The van der Waals surface area contributed by atoms with Gasteiger partial charge in [-0.3, -0.25) is 4.79 Å². The van der Waals surface area contributed by atoms with Gasteiger partial charge in [0.25, 0.3) is 0 Å². The molecule has 0 atom stereocenters. The summed E-state index contributed by atoms with van der Waals surface area (Å²) in [5, 5.41) is 0. The number of rotatable bonds is 4. The van der Waals surface area contributed by atoms with Crippen molar-refractivity contribution >= 4 is 6.04 Å². The maximum atomic E-state index is 12.5. The van der Waals surface area contributed by atoms with Gasteiger partial charge in [0.05, 0.1) is 26.9 Å². The Kier molecular flexibility index (Phi) is 3.49. The van der Waals surface area contributed by atoms with Gasteiger partial charge in [-0.05, 0) is 12.1 Å². The number of benzene rings is 1. The Labute approximate surface area is 86.6 Å². The van der Waals surface area contributed by atoms with Crippen LogP contribution in [0.2, 0.25) is 0 Å². The number of hydrogen-bond acceptors (Lipinski definition) is 4. The molecular weight excluding hydrogens is 203 g/mol. The highest BCUT2D eigenvalue weighted by Gasteiger charge is 2.16. The van der Waals surface area contributed by atoms with E-state index in [-0.39, 0.29) is 17.1 Å². The van der Waals surface area contributed by atoms with Gasteiger partial charge < -0.3 is 14.2 Å². The molecule has 0 heterocycles. The van der Waals surface area contributed by atoms with Gasteiger partial charge in [-0.2, -0.15) is 4.39 Å². The first-order valence-electron chi connectivity index (χ1n) is 4.13. The van der Waals surface area contributed by atoms with E-state index < -0.39 is 6.04 Å². The van der Waals surface area contributed by atoms with E-state index in [0.29, 0.717) is 5.75 Å². The second-order valence-electron chi connectivity index (χ2n) is 2.69. The molecule has 0 spiro atoms. The normalized spacial score (nSPS) is 9.60. The Morgan fingerprint density at radius 1 is 1.07 bits per heavy atom. The van der Waals surface area contributed by atoms with Gasteiger partial charge >= 0.3 is 6.04 Å². The summed E-state index contributed by atoms with van der Waals surface area (Å²) in [6, 6.07) is 0.960. The van der Waals surface area contributed by atoms with E-state index in [0.717, 1.165) is 0 Å². The van der Waals surface area contributed by atoms with E-state index in [1.807, 2.05) is 0 Å². The monoisotopic (exact) mass is 214 g/mol. The SMILES string of the molecule is COc1cc(C(=O)F)cc(OC)c1OC. The van der Waals surface area contributed by atoms with Gasteiger partial charge in [0.2, 0.25) is 5.75 Å². The van der Waals surface area contributed by atoms with E-state index >= 15 is 0 Å². The Bertz CT molecular complexity index is 351. The first-order valence-corrected chi connectivity index (χ1v) is 4.13.